The molecule has 0 saturated heterocycles. The normalized spacial score (nSPS) is 8.45. The summed E-state index contributed by atoms with van der Waals surface area (Å²) in [4.78, 5) is 10.2. The molecule has 60 valence electrons. The predicted molar refractivity (Wildman–Crippen MR) is 43.7 cm³/mol. The highest BCUT2D eigenvalue weighted by molar-refractivity contribution is 7.59. The van der Waals surface area contributed by atoms with Crippen LogP contribution in [0.1, 0.15) is 10.4 Å². The molecule has 1 N–H and O–H groups in total. The van der Waals surface area contributed by atoms with Crippen molar-refractivity contribution >= 4 is 19.5 Å². The van der Waals surface area contributed by atoms with E-state index in [0.717, 1.165) is 6.07 Å². The Balaban J connectivity index is 0.000001000. The Morgan fingerprint density at radius 3 is 2.45 bits per heavy atom. The summed E-state index contributed by atoms with van der Waals surface area (Å²) < 4.78 is 12.3. The van der Waals surface area contributed by atoms with Gasteiger partial charge in [-0.3, -0.25) is 0 Å². The second-order valence-corrected chi connectivity index (χ2v) is 1.82. The quantitative estimate of drug-likeness (QED) is 0.702. The zero-order chi connectivity index (χ0) is 7.56. The van der Waals surface area contributed by atoms with Gasteiger partial charge in [-0.15, -0.1) is 0 Å². The lowest BCUT2D eigenvalue weighted by Crippen LogP contribution is -1.95. The molecule has 0 unspecified atom stereocenters. The Hall–Kier alpha value is -1.03. The maximum absolute atomic E-state index is 12.3. The Morgan fingerprint density at radius 1 is 1.45 bits per heavy atom. The van der Waals surface area contributed by atoms with Gasteiger partial charge in [-0.25, -0.2) is 9.18 Å². The molecule has 0 spiro atoms. The number of hydrogen-bond acceptors (Lipinski definition) is 1. The fourth-order valence-corrected chi connectivity index (χ4v) is 0.622. The minimum atomic E-state index is -1.11. The molecule has 11 heavy (non-hydrogen) atoms. The van der Waals surface area contributed by atoms with Crippen molar-refractivity contribution in [1.29, 1.82) is 0 Å². The van der Waals surface area contributed by atoms with Crippen LogP contribution in [0.25, 0.3) is 0 Å². The molecule has 4 heteroatoms. The van der Waals surface area contributed by atoms with E-state index in [-0.39, 0.29) is 19.1 Å². The van der Waals surface area contributed by atoms with E-state index in [1.807, 2.05) is 0 Å². The van der Waals surface area contributed by atoms with Crippen molar-refractivity contribution < 1.29 is 14.3 Å². The molecule has 0 heterocycles. The highest BCUT2D eigenvalue weighted by Gasteiger charge is 2.01. The molecule has 1 aromatic rings. The molecule has 0 fully saturated rings. The molecule has 0 aromatic heterocycles. The highest BCUT2D eigenvalue weighted by Crippen LogP contribution is 2.02. The minimum absolute atomic E-state index is 0. The Labute approximate surface area is 70.1 Å². The molecular weight excluding hydrogens is 167 g/mol. The zero-order valence-corrected chi connectivity index (χ0v) is 6.54. The van der Waals surface area contributed by atoms with Gasteiger partial charge in [-0.1, -0.05) is 6.07 Å². The number of carbonyl (C=O) groups is 1. The number of carboxylic acid groups (broad SMARTS) is 1. The SMILES string of the molecule is O=C(O)c1cccc(F)c1.S. The molecular formula is C7H7FO2S. The van der Waals surface area contributed by atoms with Crippen LogP contribution >= 0.6 is 13.5 Å². The molecule has 1 rings (SSSR count). The molecule has 1 aromatic carbocycles. The topological polar surface area (TPSA) is 37.3 Å². The summed E-state index contributed by atoms with van der Waals surface area (Å²) in [6.45, 7) is 0. The van der Waals surface area contributed by atoms with Crippen LogP contribution in [0.15, 0.2) is 24.3 Å². The lowest BCUT2D eigenvalue weighted by Gasteiger charge is -1.91. The van der Waals surface area contributed by atoms with Crippen LogP contribution in [0.2, 0.25) is 0 Å². The van der Waals surface area contributed by atoms with E-state index in [4.69, 9.17) is 5.11 Å². The summed E-state index contributed by atoms with van der Waals surface area (Å²) in [6.07, 6.45) is 0. The first-order valence-electron chi connectivity index (χ1n) is 2.69. The van der Waals surface area contributed by atoms with Gasteiger partial charge in [0.05, 0.1) is 5.56 Å². The molecule has 0 bridgehead atoms. The maximum Gasteiger partial charge on any atom is 0.335 e. The summed E-state index contributed by atoms with van der Waals surface area (Å²) in [5.74, 6) is -1.64. The molecule has 0 radical (unpaired) electrons. The summed E-state index contributed by atoms with van der Waals surface area (Å²) in [5.41, 5.74) is -0.0278. The van der Waals surface area contributed by atoms with Gasteiger partial charge >= 0.3 is 5.97 Å². The standard InChI is InChI=1S/C7H5FO2.H2S/c8-6-3-1-2-5(4-6)7(9)10;/h1-4H,(H,9,10);1H2. The summed E-state index contributed by atoms with van der Waals surface area (Å²) in [6, 6.07) is 4.87. The van der Waals surface area contributed by atoms with E-state index in [1.54, 1.807) is 0 Å². The second kappa shape index (κ2) is 3.98. The number of carboxylic acids is 1. The van der Waals surface area contributed by atoms with Gasteiger partial charge in [0, 0.05) is 0 Å². The first-order valence-corrected chi connectivity index (χ1v) is 2.69. The van der Waals surface area contributed by atoms with Gasteiger partial charge in [0.25, 0.3) is 0 Å². The first-order chi connectivity index (χ1) is 4.70. The molecule has 0 saturated carbocycles. The first kappa shape index (κ1) is 9.97. The van der Waals surface area contributed by atoms with Gasteiger partial charge in [0.2, 0.25) is 0 Å². The number of aromatic carboxylic acids is 1. The molecule has 0 aliphatic heterocycles. The smallest absolute Gasteiger partial charge is 0.335 e. The lowest BCUT2D eigenvalue weighted by molar-refractivity contribution is 0.0696. The molecule has 2 nitrogen and oxygen atoms in total. The van der Waals surface area contributed by atoms with Crippen LogP contribution < -0.4 is 0 Å². The number of rotatable bonds is 1. The number of benzene rings is 1. The third-order valence-corrected chi connectivity index (χ3v) is 1.07. The van der Waals surface area contributed by atoms with Crippen LogP contribution in [0.5, 0.6) is 0 Å². The Morgan fingerprint density at radius 2 is 2.09 bits per heavy atom. The van der Waals surface area contributed by atoms with E-state index in [9.17, 15) is 9.18 Å². The fraction of sp³-hybridized carbons (Fsp3) is 0. The van der Waals surface area contributed by atoms with Crippen molar-refractivity contribution in [2.24, 2.45) is 0 Å². The van der Waals surface area contributed by atoms with Crippen LogP contribution in [0, 0.1) is 5.82 Å². The van der Waals surface area contributed by atoms with E-state index in [0.29, 0.717) is 0 Å². The van der Waals surface area contributed by atoms with Crippen LogP contribution in [0.4, 0.5) is 4.39 Å². The number of halogens is 1. The van der Waals surface area contributed by atoms with E-state index in [2.05, 4.69) is 0 Å². The zero-order valence-electron chi connectivity index (χ0n) is 5.54. The van der Waals surface area contributed by atoms with E-state index in [1.165, 1.54) is 18.2 Å². The summed E-state index contributed by atoms with van der Waals surface area (Å²) >= 11 is 0. The van der Waals surface area contributed by atoms with E-state index < -0.39 is 11.8 Å². The lowest BCUT2D eigenvalue weighted by atomic mass is 10.2. The fourth-order valence-electron chi connectivity index (χ4n) is 0.622. The van der Waals surface area contributed by atoms with Crippen molar-refractivity contribution in [2.45, 2.75) is 0 Å². The van der Waals surface area contributed by atoms with Crippen molar-refractivity contribution in [3.8, 4) is 0 Å². The molecule has 0 atom stereocenters. The highest BCUT2D eigenvalue weighted by atomic mass is 32.1. The van der Waals surface area contributed by atoms with Crippen molar-refractivity contribution in [3.05, 3.63) is 35.6 Å². The third kappa shape index (κ3) is 2.59. The average molecular weight is 174 g/mol. The Kier molecular flexibility index (Phi) is 3.60. The van der Waals surface area contributed by atoms with E-state index >= 15 is 0 Å². The van der Waals surface area contributed by atoms with Gasteiger partial charge in [0.15, 0.2) is 0 Å². The predicted octanol–water partition coefficient (Wildman–Crippen LogP) is 1.64. The maximum atomic E-state index is 12.3. The van der Waals surface area contributed by atoms with Gasteiger partial charge in [-0.2, -0.15) is 13.5 Å². The van der Waals surface area contributed by atoms with Crippen molar-refractivity contribution in [2.75, 3.05) is 0 Å². The molecule has 0 aliphatic rings. The monoisotopic (exact) mass is 174 g/mol. The van der Waals surface area contributed by atoms with Gasteiger partial charge in [0.1, 0.15) is 5.82 Å². The molecule has 0 aliphatic carbocycles. The van der Waals surface area contributed by atoms with Crippen LogP contribution in [0.3, 0.4) is 0 Å². The summed E-state index contributed by atoms with van der Waals surface area (Å²) in [5, 5.41) is 8.34. The second-order valence-electron chi connectivity index (χ2n) is 1.82. The third-order valence-electron chi connectivity index (χ3n) is 1.07. The Bertz CT molecular complexity index is 262. The van der Waals surface area contributed by atoms with Gasteiger partial charge in [-0.05, 0) is 18.2 Å². The number of hydrogen-bond donors (Lipinski definition) is 1. The molecule has 0 amide bonds. The van der Waals surface area contributed by atoms with Crippen LogP contribution in [-0.4, -0.2) is 11.1 Å². The van der Waals surface area contributed by atoms with Crippen molar-refractivity contribution in [3.63, 3.8) is 0 Å². The van der Waals surface area contributed by atoms with Crippen molar-refractivity contribution in [1.82, 2.24) is 0 Å². The van der Waals surface area contributed by atoms with Gasteiger partial charge < -0.3 is 5.11 Å². The average Bonchev–Trinajstić information content (AvgIpc) is 1.88. The summed E-state index contributed by atoms with van der Waals surface area (Å²) in [7, 11) is 0. The van der Waals surface area contributed by atoms with Crippen LogP contribution in [-0.2, 0) is 0 Å². The largest absolute Gasteiger partial charge is 0.478 e. The minimum Gasteiger partial charge on any atom is -0.478 e.